The minimum Gasteiger partial charge on any atom is -0.493 e. The van der Waals surface area contributed by atoms with E-state index in [9.17, 15) is 4.39 Å². The third-order valence-corrected chi connectivity index (χ3v) is 6.20. The summed E-state index contributed by atoms with van der Waals surface area (Å²) in [6, 6.07) is 13.5. The molecule has 0 saturated heterocycles. The summed E-state index contributed by atoms with van der Waals surface area (Å²) < 4.78 is 20.5. The fraction of sp³-hybridized carbons (Fsp3) is 0.467. The van der Waals surface area contributed by atoms with Crippen molar-refractivity contribution in [1.82, 2.24) is 9.97 Å². The summed E-state index contributed by atoms with van der Waals surface area (Å²) in [5, 5.41) is 0. The van der Waals surface area contributed by atoms with Crippen LogP contribution in [0.1, 0.15) is 83.6 Å². The van der Waals surface area contributed by atoms with Crippen molar-refractivity contribution in [2.75, 3.05) is 6.61 Å². The highest BCUT2D eigenvalue weighted by atomic mass is 19.1. The van der Waals surface area contributed by atoms with E-state index in [0.717, 1.165) is 30.5 Å². The molecule has 0 radical (unpaired) electrons. The molecule has 0 spiro atoms. The van der Waals surface area contributed by atoms with E-state index in [1.54, 1.807) is 18.5 Å². The highest BCUT2D eigenvalue weighted by Crippen LogP contribution is 2.26. The van der Waals surface area contributed by atoms with E-state index in [-0.39, 0.29) is 5.82 Å². The molecular formula is C30H39FN2O. The SMILES string of the molecule is CCCCCCCCOc1ccc(-c2cnc(-c3ccc(CCCCCC)cc3)cn2)c(F)c1. The first-order valence-corrected chi connectivity index (χ1v) is 13.0. The molecule has 0 aliphatic rings. The van der Waals surface area contributed by atoms with Crippen molar-refractivity contribution in [3.05, 3.63) is 66.2 Å². The number of hydrogen-bond donors (Lipinski definition) is 0. The number of nitrogens with zero attached hydrogens (tertiary/aromatic N) is 2. The summed E-state index contributed by atoms with van der Waals surface area (Å²) in [7, 11) is 0. The van der Waals surface area contributed by atoms with Gasteiger partial charge in [-0.05, 0) is 37.0 Å². The van der Waals surface area contributed by atoms with Crippen molar-refractivity contribution in [2.45, 2.75) is 84.5 Å². The molecule has 0 amide bonds. The third-order valence-electron chi connectivity index (χ3n) is 6.20. The molecular weight excluding hydrogens is 423 g/mol. The summed E-state index contributed by atoms with van der Waals surface area (Å²) in [5.74, 6) is 0.226. The van der Waals surface area contributed by atoms with Gasteiger partial charge in [-0.1, -0.05) is 89.5 Å². The highest BCUT2D eigenvalue weighted by molar-refractivity contribution is 5.64. The molecule has 3 rings (SSSR count). The van der Waals surface area contributed by atoms with Gasteiger partial charge in [-0.3, -0.25) is 9.97 Å². The number of rotatable bonds is 15. The molecule has 0 N–H and O–H groups in total. The topological polar surface area (TPSA) is 35.0 Å². The van der Waals surface area contributed by atoms with Gasteiger partial charge < -0.3 is 4.74 Å². The number of ether oxygens (including phenoxy) is 1. The lowest BCUT2D eigenvalue weighted by Gasteiger charge is -2.09. The van der Waals surface area contributed by atoms with Crippen LogP contribution in [0.4, 0.5) is 4.39 Å². The number of halogens is 1. The fourth-order valence-corrected chi connectivity index (χ4v) is 4.08. The van der Waals surface area contributed by atoms with Gasteiger partial charge in [0.1, 0.15) is 11.6 Å². The summed E-state index contributed by atoms with van der Waals surface area (Å²) >= 11 is 0. The van der Waals surface area contributed by atoms with Crippen molar-refractivity contribution in [3.63, 3.8) is 0 Å². The Labute approximate surface area is 204 Å². The number of unbranched alkanes of at least 4 members (excludes halogenated alkanes) is 8. The Bertz CT molecular complexity index is 970. The summed E-state index contributed by atoms with van der Waals surface area (Å²) in [4.78, 5) is 9.01. The zero-order chi connectivity index (χ0) is 24.0. The molecule has 0 bridgehead atoms. The van der Waals surface area contributed by atoms with Gasteiger partial charge in [0.15, 0.2) is 0 Å². The Hall–Kier alpha value is -2.75. The summed E-state index contributed by atoms with van der Waals surface area (Å²) in [6.07, 6.45) is 16.8. The second kappa shape index (κ2) is 14.5. The van der Waals surface area contributed by atoms with Crippen LogP contribution in [0.15, 0.2) is 54.9 Å². The average Bonchev–Trinajstić information content (AvgIpc) is 2.87. The molecule has 1 heterocycles. The van der Waals surface area contributed by atoms with Crippen LogP contribution in [0.2, 0.25) is 0 Å². The van der Waals surface area contributed by atoms with Crippen molar-refractivity contribution < 1.29 is 9.13 Å². The summed E-state index contributed by atoms with van der Waals surface area (Å²) in [6.45, 7) is 5.07. The molecule has 182 valence electrons. The van der Waals surface area contributed by atoms with Crippen molar-refractivity contribution >= 4 is 0 Å². The zero-order valence-corrected chi connectivity index (χ0v) is 20.9. The molecule has 0 atom stereocenters. The van der Waals surface area contributed by atoms with Crippen molar-refractivity contribution in [1.29, 1.82) is 0 Å². The highest BCUT2D eigenvalue weighted by Gasteiger charge is 2.10. The monoisotopic (exact) mass is 462 g/mol. The smallest absolute Gasteiger partial charge is 0.136 e. The molecule has 0 saturated carbocycles. The van der Waals surface area contributed by atoms with Gasteiger partial charge in [-0.25, -0.2) is 4.39 Å². The lowest BCUT2D eigenvalue weighted by Crippen LogP contribution is -1.98. The van der Waals surface area contributed by atoms with Crippen LogP contribution in [0.3, 0.4) is 0 Å². The number of benzene rings is 2. The maximum absolute atomic E-state index is 14.7. The summed E-state index contributed by atoms with van der Waals surface area (Å²) in [5.41, 5.74) is 4.13. The van der Waals surface area contributed by atoms with Gasteiger partial charge in [-0.2, -0.15) is 0 Å². The van der Waals surface area contributed by atoms with Gasteiger partial charge in [0.2, 0.25) is 0 Å². The van der Waals surface area contributed by atoms with E-state index >= 15 is 0 Å². The van der Waals surface area contributed by atoms with Crippen LogP contribution in [0, 0.1) is 5.82 Å². The maximum atomic E-state index is 14.7. The van der Waals surface area contributed by atoms with Gasteiger partial charge in [0.25, 0.3) is 0 Å². The van der Waals surface area contributed by atoms with Crippen LogP contribution in [0.5, 0.6) is 5.75 Å². The van der Waals surface area contributed by atoms with Crippen molar-refractivity contribution in [3.8, 4) is 28.3 Å². The second-order valence-corrected chi connectivity index (χ2v) is 9.05. The minimum atomic E-state index is -0.338. The number of aromatic nitrogens is 2. The third kappa shape index (κ3) is 8.23. The molecule has 4 heteroatoms. The van der Waals surface area contributed by atoms with E-state index in [0.29, 0.717) is 23.6 Å². The van der Waals surface area contributed by atoms with E-state index in [2.05, 4.69) is 48.1 Å². The maximum Gasteiger partial charge on any atom is 0.136 e. The minimum absolute atomic E-state index is 0.338. The van der Waals surface area contributed by atoms with Crippen LogP contribution in [-0.4, -0.2) is 16.6 Å². The molecule has 2 aromatic carbocycles. The molecule has 34 heavy (non-hydrogen) atoms. The molecule has 0 fully saturated rings. The first-order valence-electron chi connectivity index (χ1n) is 13.0. The van der Waals surface area contributed by atoms with Crippen molar-refractivity contribution in [2.24, 2.45) is 0 Å². The van der Waals surface area contributed by atoms with E-state index in [1.807, 2.05) is 6.07 Å². The number of aryl methyl sites for hydroxylation is 1. The van der Waals surface area contributed by atoms with Crippen LogP contribution >= 0.6 is 0 Å². The van der Waals surface area contributed by atoms with Gasteiger partial charge in [-0.15, -0.1) is 0 Å². The number of hydrogen-bond acceptors (Lipinski definition) is 3. The standard InChI is InChI=1S/C30H39FN2O/c1-3-5-7-9-10-12-20-34-26-18-19-27(28(31)21-26)30-23-32-29(22-33-30)25-16-14-24(15-17-25)13-11-8-6-4-2/h14-19,21-23H,3-13,20H2,1-2H3. The van der Waals surface area contributed by atoms with Gasteiger partial charge >= 0.3 is 0 Å². The molecule has 3 nitrogen and oxygen atoms in total. The van der Waals surface area contributed by atoms with Gasteiger partial charge in [0.05, 0.1) is 30.4 Å². The van der Waals surface area contributed by atoms with Crippen LogP contribution in [-0.2, 0) is 6.42 Å². The van der Waals surface area contributed by atoms with E-state index in [1.165, 1.54) is 63.0 Å². The molecule has 0 aliphatic heterocycles. The first-order chi connectivity index (χ1) is 16.7. The first kappa shape index (κ1) is 25.9. The predicted molar refractivity (Wildman–Crippen MR) is 140 cm³/mol. The van der Waals surface area contributed by atoms with Crippen LogP contribution < -0.4 is 4.74 Å². The lowest BCUT2D eigenvalue weighted by atomic mass is 10.0. The molecule has 1 aromatic heterocycles. The quantitative estimate of drug-likeness (QED) is 0.212. The Morgan fingerprint density at radius 3 is 2.03 bits per heavy atom. The zero-order valence-electron chi connectivity index (χ0n) is 20.9. The molecule has 0 unspecified atom stereocenters. The Kier molecular flexibility index (Phi) is 11.0. The molecule has 0 aliphatic carbocycles. The second-order valence-electron chi connectivity index (χ2n) is 9.05. The fourth-order valence-electron chi connectivity index (χ4n) is 4.08. The normalized spacial score (nSPS) is 11.0. The molecule has 3 aromatic rings. The average molecular weight is 463 g/mol. The van der Waals surface area contributed by atoms with Crippen LogP contribution in [0.25, 0.3) is 22.5 Å². The lowest BCUT2D eigenvalue weighted by molar-refractivity contribution is 0.303. The van der Waals surface area contributed by atoms with E-state index in [4.69, 9.17) is 4.74 Å². The largest absolute Gasteiger partial charge is 0.493 e. The Morgan fingerprint density at radius 2 is 1.35 bits per heavy atom. The van der Waals surface area contributed by atoms with E-state index < -0.39 is 0 Å². The predicted octanol–water partition coefficient (Wildman–Crippen LogP) is 8.81. The van der Waals surface area contributed by atoms with Gasteiger partial charge in [0, 0.05) is 17.2 Å². The Morgan fingerprint density at radius 1 is 0.706 bits per heavy atom. The Balaban J connectivity index is 1.53.